The standard InChI is InChI=1S/C26H50O6S2/c1-5-7-17-25(27)21-23(3)33(29,30)19-15-13-11-9-10-12-14-16-20-34(31,32)24(4)22-26(28)18-8-6-2/h23-24H,5-22H2,1-4H3. The molecule has 0 aliphatic rings. The molecule has 0 aromatic heterocycles. The monoisotopic (exact) mass is 522 g/mol. The molecule has 0 saturated carbocycles. The molecule has 0 aromatic rings. The van der Waals surface area contributed by atoms with Crippen molar-refractivity contribution in [2.45, 2.75) is 141 Å². The van der Waals surface area contributed by atoms with E-state index in [-0.39, 0.29) is 35.9 Å². The van der Waals surface area contributed by atoms with Crippen molar-refractivity contribution >= 4 is 31.2 Å². The molecule has 2 unspecified atom stereocenters. The third-order valence-corrected chi connectivity index (χ3v) is 11.0. The minimum absolute atomic E-state index is 0.0423. The summed E-state index contributed by atoms with van der Waals surface area (Å²) < 4.78 is 49.4. The van der Waals surface area contributed by atoms with Gasteiger partial charge in [0.15, 0.2) is 19.7 Å². The third kappa shape index (κ3) is 16.0. The molecule has 2 atom stereocenters. The number of rotatable bonds is 23. The molecule has 34 heavy (non-hydrogen) atoms. The van der Waals surface area contributed by atoms with Crippen LogP contribution in [0.4, 0.5) is 0 Å². The van der Waals surface area contributed by atoms with Crippen LogP contribution in [0, 0.1) is 0 Å². The fourth-order valence-electron chi connectivity index (χ4n) is 3.92. The molecule has 6 nitrogen and oxygen atoms in total. The molecule has 0 fully saturated rings. The summed E-state index contributed by atoms with van der Waals surface area (Å²) in [7, 11) is -6.44. The minimum atomic E-state index is -3.22. The second-order valence-electron chi connectivity index (χ2n) is 9.88. The molecule has 0 spiro atoms. The molecule has 0 amide bonds. The molecule has 0 aromatic carbocycles. The average Bonchev–Trinajstić information content (AvgIpc) is 2.77. The largest absolute Gasteiger partial charge is 0.300 e. The van der Waals surface area contributed by atoms with Gasteiger partial charge in [0.05, 0.1) is 22.0 Å². The first kappa shape index (κ1) is 33.2. The zero-order valence-electron chi connectivity index (χ0n) is 22.1. The van der Waals surface area contributed by atoms with Gasteiger partial charge < -0.3 is 0 Å². The molecule has 0 N–H and O–H groups in total. The SMILES string of the molecule is CCCCC(=O)CC(C)S(=O)(=O)CCCCCCCCCCS(=O)(=O)C(C)CC(=O)CCCC. The van der Waals surface area contributed by atoms with Crippen molar-refractivity contribution in [3.8, 4) is 0 Å². The molecule has 0 aliphatic carbocycles. The van der Waals surface area contributed by atoms with E-state index in [1.54, 1.807) is 13.8 Å². The van der Waals surface area contributed by atoms with E-state index in [1.807, 2.05) is 13.8 Å². The van der Waals surface area contributed by atoms with Crippen LogP contribution in [0.2, 0.25) is 0 Å². The predicted molar refractivity (Wildman–Crippen MR) is 142 cm³/mol. The number of carbonyl (C=O) groups excluding carboxylic acids is 2. The molecule has 0 radical (unpaired) electrons. The molecule has 0 aliphatic heterocycles. The van der Waals surface area contributed by atoms with Crippen molar-refractivity contribution in [2.75, 3.05) is 11.5 Å². The van der Waals surface area contributed by atoms with Crippen LogP contribution < -0.4 is 0 Å². The fourth-order valence-corrected chi connectivity index (χ4v) is 6.81. The maximum atomic E-state index is 12.4. The van der Waals surface area contributed by atoms with Gasteiger partial charge >= 0.3 is 0 Å². The van der Waals surface area contributed by atoms with E-state index < -0.39 is 30.2 Å². The first-order valence-electron chi connectivity index (χ1n) is 13.4. The van der Waals surface area contributed by atoms with Crippen LogP contribution >= 0.6 is 0 Å². The highest BCUT2D eigenvalue weighted by Crippen LogP contribution is 2.16. The van der Waals surface area contributed by atoms with Crippen LogP contribution in [0.3, 0.4) is 0 Å². The third-order valence-electron chi connectivity index (χ3n) is 6.48. The lowest BCUT2D eigenvalue weighted by Gasteiger charge is -2.12. The van der Waals surface area contributed by atoms with Crippen molar-refractivity contribution in [1.82, 2.24) is 0 Å². The highest BCUT2D eigenvalue weighted by atomic mass is 32.2. The van der Waals surface area contributed by atoms with Crippen molar-refractivity contribution in [2.24, 2.45) is 0 Å². The molecule has 202 valence electrons. The van der Waals surface area contributed by atoms with E-state index in [0.717, 1.165) is 64.2 Å². The second kappa shape index (κ2) is 18.5. The number of Topliss-reactive ketones (excluding diaryl/α,β-unsaturated/α-hetero) is 2. The molecule has 0 bridgehead atoms. The van der Waals surface area contributed by atoms with Crippen LogP contribution in [0.25, 0.3) is 0 Å². The van der Waals surface area contributed by atoms with Gasteiger partial charge in [0.2, 0.25) is 0 Å². The summed E-state index contributed by atoms with van der Waals surface area (Å²) in [6, 6.07) is 0. The smallest absolute Gasteiger partial charge is 0.153 e. The summed E-state index contributed by atoms with van der Waals surface area (Å²) >= 11 is 0. The van der Waals surface area contributed by atoms with Crippen LogP contribution in [0.5, 0.6) is 0 Å². The topological polar surface area (TPSA) is 102 Å². The van der Waals surface area contributed by atoms with Crippen LogP contribution in [0.15, 0.2) is 0 Å². The van der Waals surface area contributed by atoms with E-state index in [4.69, 9.17) is 0 Å². The Labute approximate surface area is 209 Å². The zero-order chi connectivity index (χ0) is 26.0. The fraction of sp³-hybridized carbons (Fsp3) is 0.923. The summed E-state index contributed by atoms with van der Waals surface area (Å²) in [6.07, 6.45) is 11.6. The Morgan fingerprint density at radius 3 is 1.12 bits per heavy atom. The summed E-state index contributed by atoms with van der Waals surface area (Å²) in [4.78, 5) is 23.7. The van der Waals surface area contributed by atoms with Crippen LogP contribution in [0.1, 0.15) is 130 Å². The van der Waals surface area contributed by atoms with Crippen molar-refractivity contribution < 1.29 is 26.4 Å². The van der Waals surface area contributed by atoms with E-state index in [0.29, 0.717) is 25.7 Å². The highest BCUT2D eigenvalue weighted by Gasteiger charge is 2.23. The lowest BCUT2D eigenvalue weighted by Crippen LogP contribution is -2.24. The van der Waals surface area contributed by atoms with Gasteiger partial charge in [-0.1, -0.05) is 65.2 Å². The summed E-state index contributed by atoms with van der Waals surface area (Å²) in [5.74, 6) is 0.375. The number of ketones is 2. The normalized spacial score (nSPS) is 14.1. The summed E-state index contributed by atoms with van der Waals surface area (Å²) in [5, 5.41) is -1.18. The maximum absolute atomic E-state index is 12.4. The number of sulfone groups is 2. The van der Waals surface area contributed by atoms with Crippen molar-refractivity contribution in [1.29, 1.82) is 0 Å². The molecular formula is C26H50O6S2. The number of carbonyl (C=O) groups is 2. The predicted octanol–water partition coefficient (Wildman–Crippen LogP) is 6.01. The molecule has 0 rings (SSSR count). The quantitative estimate of drug-likeness (QED) is 0.152. The van der Waals surface area contributed by atoms with E-state index in [1.165, 1.54) is 0 Å². The number of hydrogen-bond acceptors (Lipinski definition) is 6. The average molecular weight is 523 g/mol. The Bertz CT molecular complexity index is 705. The van der Waals surface area contributed by atoms with E-state index in [9.17, 15) is 26.4 Å². The second-order valence-corrected chi connectivity index (χ2v) is 15.0. The van der Waals surface area contributed by atoms with Gasteiger partial charge in [0.1, 0.15) is 11.6 Å². The van der Waals surface area contributed by atoms with Crippen molar-refractivity contribution in [3.05, 3.63) is 0 Å². The maximum Gasteiger partial charge on any atom is 0.153 e. The first-order valence-corrected chi connectivity index (χ1v) is 16.9. The van der Waals surface area contributed by atoms with E-state index in [2.05, 4.69) is 0 Å². The molecule has 8 heteroatoms. The summed E-state index contributed by atoms with van der Waals surface area (Å²) in [6.45, 7) is 7.31. The highest BCUT2D eigenvalue weighted by molar-refractivity contribution is 7.92. The van der Waals surface area contributed by atoms with Gasteiger partial charge in [-0.25, -0.2) is 16.8 Å². The molecule has 0 saturated heterocycles. The minimum Gasteiger partial charge on any atom is -0.300 e. The Morgan fingerprint density at radius 2 is 0.824 bits per heavy atom. The molecular weight excluding hydrogens is 472 g/mol. The van der Waals surface area contributed by atoms with Gasteiger partial charge in [-0.15, -0.1) is 0 Å². The van der Waals surface area contributed by atoms with Crippen molar-refractivity contribution in [3.63, 3.8) is 0 Å². The number of hydrogen-bond donors (Lipinski definition) is 0. The Morgan fingerprint density at radius 1 is 0.529 bits per heavy atom. The Hall–Kier alpha value is -0.760. The van der Waals surface area contributed by atoms with Crippen LogP contribution in [-0.4, -0.2) is 50.4 Å². The van der Waals surface area contributed by atoms with Gasteiger partial charge in [-0.3, -0.25) is 9.59 Å². The van der Waals surface area contributed by atoms with Gasteiger partial charge in [-0.2, -0.15) is 0 Å². The van der Waals surface area contributed by atoms with Crippen LogP contribution in [-0.2, 0) is 29.3 Å². The lowest BCUT2D eigenvalue weighted by atomic mass is 10.1. The summed E-state index contributed by atoms with van der Waals surface area (Å²) in [5.41, 5.74) is 0. The Balaban J connectivity index is 3.90. The van der Waals surface area contributed by atoms with Gasteiger partial charge in [-0.05, 0) is 39.5 Å². The van der Waals surface area contributed by atoms with Gasteiger partial charge in [0, 0.05) is 25.7 Å². The van der Waals surface area contributed by atoms with Gasteiger partial charge in [0.25, 0.3) is 0 Å². The first-order chi connectivity index (χ1) is 16.0. The molecule has 0 heterocycles. The lowest BCUT2D eigenvalue weighted by molar-refractivity contribution is -0.119. The number of unbranched alkanes of at least 4 members (excludes halogenated alkanes) is 9. The Kier molecular flexibility index (Phi) is 18.1. The van der Waals surface area contributed by atoms with E-state index >= 15 is 0 Å². The zero-order valence-corrected chi connectivity index (χ0v) is 23.8.